The molecule has 0 aromatic rings. The molecule has 0 bridgehead atoms. The molecule has 11 heavy (non-hydrogen) atoms. The van der Waals surface area contributed by atoms with Crippen molar-refractivity contribution in [1.82, 2.24) is 4.90 Å². The highest BCUT2D eigenvalue weighted by Gasteiger charge is 2.47. The summed E-state index contributed by atoms with van der Waals surface area (Å²) in [6.07, 6.45) is 1.25. The molecule has 0 aromatic heterocycles. The first-order valence-corrected chi connectivity index (χ1v) is 4.49. The molecule has 2 saturated heterocycles. The van der Waals surface area contributed by atoms with Crippen LogP contribution in [0.15, 0.2) is 0 Å². The van der Waals surface area contributed by atoms with Crippen molar-refractivity contribution in [2.45, 2.75) is 20.3 Å². The van der Waals surface area contributed by atoms with Crippen molar-refractivity contribution in [2.24, 2.45) is 5.41 Å². The lowest BCUT2D eigenvalue weighted by Crippen LogP contribution is -2.64. The van der Waals surface area contributed by atoms with E-state index in [9.17, 15) is 0 Å². The van der Waals surface area contributed by atoms with E-state index in [2.05, 4.69) is 25.8 Å². The fourth-order valence-electron chi connectivity index (χ4n) is 1.67. The molecule has 2 rings (SSSR count). The molecule has 66 valence electrons. The van der Waals surface area contributed by atoms with Gasteiger partial charge in [0.15, 0.2) is 0 Å². The topological polar surface area (TPSA) is 12.5 Å². The van der Waals surface area contributed by atoms with Crippen molar-refractivity contribution in [3.8, 4) is 0 Å². The molecule has 2 heteroatoms. The lowest BCUT2D eigenvalue weighted by Gasteiger charge is -2.53. The number of nitrogens with zero attached hydrogens (tertiary/aromatic N) is 1. The van der Waals surface area contributed by atoms with Gasteiger partial charge in [-0.2, -0.15) is 0 Å². The molecule has 0 atom stereocenters. The Kier molecular flexibility index (Phi) is 2.90. The summed E-state index contributed by atoms with van der Waals surface area (Å²) in [7, 11) is 2.16. The van der Waals surface area contributed by atoms with E-state index in [1.54, 1.807) is 0 Å². The van der Waals surface area contributed by atoms with Crippen molar-refractivity contribution in [1.29, 1.82) is 0 Å². The Bertz CT molecular complexity index is 113. The second-order valence-corrected chi connectivity index (χ2v) is 3.87. The van der Waals surface area contributed by atoms with E-state index in [-0.39, 0.29) is 0 Å². The number of hydrogen-bond acceptors (Lipinski definition) is 2. The van der Waals surface area contributed by atoms with Crippen LogP contribution in [0.5, 0.6) is 0 Å². The molecule has 0 radical (unpaired) electrons. The predicted molar refractivity (Wildman–Crippen MR) is 46.7 cm³/mol. The van der Waals surface area contributed by atoms with Crippen LogP contribution < -0.4 is 0 Å². The van der Waals surface area contributed by atoms with E-state index in [0.29, 0.717) is 5.41 Å². The zero-order valence-corrected chi connectivity index (χ0v) is 7.89. The summed E-state index contributed by atoms with van der Waals surface area (Å²) in [5.74, 6) is 0. The summed E-state index contributed by atoms with van der Waals surface area (Å²) in [5, 5.41) is 0. The molecule has 0 aliphatic carbocycles. The number of ether oxygens (including phenoxy) is 1. The minimum atomic E-state index is 0.620. The highest BCUT2D eigenvalue weighted by Crippen LogP contribution is 2.35. The third-order valence-corrected chi connectivity index (χ3v) is 2.03. The molecular weight excluding hydrogens is 138 g/mol. The summed E-state index contributed by atoms with van der Waals surface area (Å²) in [6.45, 7) is 8.79. The Morgan fingerprint density at radius 3 is 1.82 bits per heavy atom. The van der Waals surface area contributed by atoms with Crippen LogP contribution in [0.4, 0.5) is 0 Å². The standard InChI is InChI=1S/C6H11NO.C3H8/c1-7-2-6(3-7)4-8-5-6;1-3-2/h2-5H2,1H3;3H2,1-2H3. The molecule has 0 saturated carbocycles. The zero-order valence-electron chi connectivity index (χ0n) is 7.89. The maximum absolute atomic E-state index is 5.10. The maximum atomic E-state index is 5.10. The molecule has 0 aromatic carbocycles. The lowest BCUT2D eigenvalue weighted by atomic mass is 9.79. The Morgan fingerprint density at radius 2 is 1.73 bits per heavy atom. The monoisotopic (exact) mass is 157 g/mol. The molecule has 2 heterocycles. The van der Waals surface area contributed by atoms with Crippen LogP contribution in [0, 0.1) is 5.41 Å². The highest BCUT2D eigenvalue weighted by molar-refractivity contribution is 4.97. The van der Waals surface area contributed by atoms with Crippen LogP contribution in [0.3, 0.4) is 0 Å². The van der Waals surface area contributed by atoms with Crippen molar-refractivity contribution in [3.05, 3.63) is 0 Å². The first kappa shape index (κ1) is 9.01. The quantitative estimate of drug-likeness (QED) is 0.526. The second-order valence-electron chi connectivity index (χ2n) is 3.87. The molecule has 2 aliphatic rings. The van der Waals surface area contributed by atoms with E-state index >= 15 is 0 Å². The van der Waals surface area contributed by atoms with Gasteiger partial charge in [0.1, 0.15) is 0 Å². The van der Waals surface area contributed by atoms with Crippen LogP contribution in [0.1, 0.15) is 20.3 Å². The van der Waals surface area contributed by atoms with Crippen LogP contribution in [0.25, 0.3) is 0 Å². The van der Waals surface area contributed by atoms with Crippen LogP contribution in [-0.2, 0) is 4.74 Å². The summed E-state index contributed by atoms with van der Waals surface area (Å²) in [6, 6.07) is 0. The average Bonchev–Trinajstić information content (AvgIpc) is 1.78. The van der Waals surface area contributed by atoms with Gasteiger partial charge in [-0.3, -0.25) is 0 Å². The third-order valence-electron chi connectivity index (χ3n) is 2.03. The Hall–Kier alpha value is -0.0800. The molecule has 2 nitrogen and oxygen atoms in total. The number of likely N-dealkylation sites (tertiary alicyclic amines) is 1. The molecule has 0 N–H and O–H groups in total. The van der Waals surface area contributed by atoms with E-state index < -0.39 is 0 Å². The van der Waals surface area contributed by atoms with Gasteiger partial charge in [0.05, 0.1) is 13.2 Å². The SMILES string of the molecule is CCC.CN1CC2(COC2)C1. The van der Waals surface area contributed by atoms with E-state index in [4.69, 9.17) is 4.74 Å². The maximum Gasteiger partial charge on any atom is 0.0569 e. The fraction of sp³-hybridized carbons (Fsp3) is 1.00. The lowest BCUT2D eigenvalue weighted by molar-refractivity contribution is -0.182. The van der Waals surface area contributed by atoms with Gasteiger partial charge in [0.25, 0.3) is 0 Å². The van der Waals surface area contributed by atoms with E-state index in [1.165, 1.54) is 19.5 Å². The summed E-state index contributed by atoms with van der Waals surface area (Å²) in [4.78, 5) is 2.34. The number of hydrogen-bond donors (Lipinski definition) is 0. The smallest absolute Gasteiger partial charge is 0.0569 e. The Labute approximate surface area is 69.5 Å². The van der Waals surface area contributed by atoms with Gasteiger partial charge in [0, 0.05) is 18.5 Å². The molecule has 1 spiro atoms. The van der Waals surface area contributed by atoms with Gasteiger partial charge >= 0.3 is 0 Å². The first-order chi connectivity index (χ1) is 5.22. The number of rotatable bonds is 0. The minimum Gasteiger partial charge on any atom is -0.380 e. The van der Waals surface area contributed by atoms with Gasteiger partial charge < -0.3 is 9.64 Å². The van der Waals surface area contributed by atoms with E-state index in [1.807, 2.05) is 0 Å². The Balaban J connectivity index is 0.000000179. The summed E-state index contributed by atoms with van der Waals surface area (Å²) < 4.78 is 5.10. The molecular formula is C9H19NO. The van der Waals surface area contributed by atoms with Crippen molar-refractivity contribution >= 4 is 0 Å². The predicted octanol–water partition coefficient (Wildman–Crippen LogP) is 1.36. The highest BCUT2D eigenvalue weighted by atomic mass is 16.5. The third kappa shape index (κ3) is 1.94. The van der Waals surface area contributed by atoms with Crippen molar-refractivity contribution < 1.29 is 4.74 Å². The van der Waals surface area contributed by atoms with Crippen molar-refractivity contribution in [3.63, 3.8) is 0 Å². The largest absolute Gasteiger partial charge is 0.380 e. The minimum absolute atomic E-state index is 0.620. The molecule has 0 amide bonds. The van der Waals surface area contributed by atoms with Gasteiger partial charge in [-0.05, 0) is 7.05 Å². The first-order valence-electron chi connectivity index (χ1n) is 4.49. The molecule has 0 unspecified atom stereocenters. The van der Waals surface area contributed by atoms with Crippen LogP contribution >= 0.6 is 0 Å². The van der Waals surface area contributed by atoms with Gasteiger partial charge in [0.2, 0.25) is 0 Å². The Morgan fingerprint density at radius 1 is 1.27 bits per heavy atom. The van der Waals surface area contributed by atoms with Gasteiger partial charge in [-0.15, -0.1) is 0 Å². The summed E-state index contributed by atoms with van der Waals surface area (Å²) >= 11 is 0. The van der Waals surface area contributed by atoms with E-state index in [0.717, 1.165) is 13.2 Å². The van der Waals surface area contributed by atoms with Crippen LogP contribution in [-0.4, -0.2) is 38.3 Å². The summed E-state index contributed by atoms with van der Waals surface area (Å²) in [5.41, 5.74) is 0.620. The molecule has 2 fully saturated rings. The fourth-order valence-corrected chi connectivity index (χ4v) is 1.67. The van der Waals surface area contributed by atoms with Gasteiger partial charge in [-0.1, -0.05) is 20.3 Å². The molecule has 2 aliphatic heterocycles. The van der Waals surface area contributed by atoms with Crippen molar-refractivity contribution in [2.75, 3.05) is 33.4 Å². The van der Waals surface area contributed by atoms with Crippen LogP contribution in [0.2, 0.25) is 0 Å². The second kappa shape index (κ2) is 3.55. The zero-order chi connectivity index (χ0) is 8.32. The normalized spacial score (nSPS) is 26.5. The van der Waals surface area contributed by atoms with Gasteiger partial charge in [-0.25, -0.2) is 0 Å². The average molecular weight is 157 g/mol.